The number of carboxylic acids is 1. The Bertz CT molecular complexity index is 1870. The molecule has 240 valence electrons. The van der Waals surface area contributed by atoms with E-state index in [1.165, 1.54) is 24.3 Å². The Morgan fingerprint density at radius 2 is 1.70 bits per heavy atom. The Morgan fingerprint density at radius 3 is 2.35 bits per heavy atom. The van der Waals surface area contributed by atoms with Crippen LogP contribution < -0.4 is 14.4 Å². The second kappa shape index (κ2) is 13.1. The van der Waals surface area contributed by atoms with Crippen molar-refractivity contribution in [3.63, 3.8) is 0 Å². The molecule has 0 radical (unpaired) electrons. The number of halogens is 4. The van der Waals surface area contributed by atoms with Crippen molar-refractivity contribution in [2.45, 2.75) is 36.4 Å². The number of sulfonamides is 1. The Morgan fingerprint density at radius 1 is 1.02 bits per heavy atom. The van der Waals surface area contributed by atoms with E-state index in [9.17, 15) is 31.2 Å². The molecule has 0 saturated heterocycles. The number of aliphatic carboxylic acids is 1. The van der Waals surface area contributed by atoms with E-state index in [0.29, 0.717) is 22.6 Å². The molecule has 2 atom stereocenters. The summed E-state index contributed by atoms with van der Waals surface area (Å²) in [5.74, 6) is -1.68. The van der Waals surface area contributed by atoms with E-state index < -0.39 is 45.6 Å². The van der Waals surface area contributed by atoms with Crippen molar-refractivity contribution >= 4 is 39.2 Å². The smallest absolute Gasteiger partial charge is 0.416 e. The van der Waals surface area contributed by atoms with Gasteiger partial charge >= 0.3 is 12.1 Å². The standard InChI is InChI=1S/C33H28ClF3N2O6S/c1-20(32(41)42)21-6-11-25(12-7-21)45-17-16-38-31(40)30-18-23-4-2-3-5-29(23)39(30)46(43,44)26-13-8-22(9-14-26)27-19-24(33(35,36)37)10-15-28(27)34/h2-15,19-20,30H,16-18H2,1H3,(H,38,40)(H,41,42)/t20?,30-/m0/s1. The number of carbonyl (C=O) groups is 2. The van der Waals surface area contributed by atoms with Crippen LogP contribution in [0.4, 0.5) is 18.9 Å². The maximum Gasteiger partial charge on any atom is 0.416 e. The van der Waals surface area contributed by atoms with Gasteiger partial charge in [-0.3, -0.25) is 13.9 Å². The van der Waals surface area contributed by atoms with E-state index in [-0.39, 0.29) is 40.6 Å². The van der Waals surface area contributed by atoms with Gasteiger partial charge in [-0.15, -0.1) is 0 Å². The highest BCUT2D eigenvalue weighted by Gasteiger charge is 2.42. The van der Waals surface area contributed by atoms with Gasteiger partial charge in [0.05, 0.1) is 28.6 Å². The summed E-state index contributed by atoms with van der Waals surface area (Å²) >= 11 is 6.17. The first-order chi connectivity index (χ1) is 21.8. The molecule has 0 spiro atoms. The molecule has 0 bridgehead atoms. The normalized spacial score (nSPS) is 15.2. The van der Waals surface area contributed by atoms with Crippen LogP contribution in [-0.4, -0.2) is 44.6 Å². The van der Waals surface area contributed by atoms with Gasteiger partial charge in [0.2, 0.25) is 5.91 Å². The monoisotopic (exact) mass is 672 g/mol. The van der Waals surface area contributed by atoms with Gasteiger partial charge in [0.15, 0.2) is 0 Å². The lowest BCUT2D eigenvalue weighted by molar-refractivity contribution is -0.138. The number of ether oxygens (including phenoxy) is 1. The summed E-state index contributed by atoms with van der Waals surface area (Å²) in [7, 11) is -4.29. The predicted octanol–water partition coefficient (Wildman–Crippen LogP) is 6.53. The average molecular weight is 673 g/mol. The summed E-state index contributed by atoms with van der Waals surface area (Å²) in [5, 5.41) is 12.0. The van der Waals surface area contributed by atoms with Crippen LogP contribution in [0.25, 0.3) is 11.1 Å². The number of hydrogen-bond acceptors (Lipinski definition) is 5. The molecule has 0 saturated carbocycles. The van der Waals surface area contributed by atoms with Crippen LogP contribution in [0.3, 0.4) is 0 Å². The van der Waals surface area contributed by atoms with Crippen LogP contribution in [0.15, 0.2) is 95.9 Å². The minimum Gasteiger partial charge on any atom is -0.492 e. The summed E-state index contributed by atoms with van der Waals surface area (Å²) < 4.78 is 74.5. The molecule has 0 aromatic heterocycles. The zero-order valence-electron chi connectivity index (χ0n) is 24.3. The quantitative estimate of drug-likeness (QED) is 0.185. The third-order valence-electron chi connectivity index (χ3n) is 7.66. The van der Waals surface area contributed by atoms with Gasteiger partial charge < -0.3 is 15.2 Å². The summed E-state index contributed by atoms with van der Waals surface area (Å²) in [6.07, 6.45) is -4.45. The maximum atomic E-state index is 14.0. The van der Waals surface area contributed by atoms with E-state index >= 15 is 0 Å². The molecule has 1 aliphatic heterocycles. The summed E-state index contributed by atoms with van der Waals surface area (Å²) in [5.41, 5.74) is 1.11. The van der Waals surface area contributed by atoms with Crippen molar-refractivity contribution in [1.29, 1.82) is 0 Å². The Balaban J connectivity index is 1.31. The first-order valence-corrected chi connectivity index (χ1v) is 15.9. The highest BCUT2D eigenvalue weighted by Crippen LogP contribution is 2.39. The van der Waals surface area contributed by atoms with E-state index in [1.807, 2.05) is 0 Å². The zero-order valence-corrected chi connectivity index (χ0v) is 25.9. The number of anilines is 1. The molecular weight excluding hydrogens is 645 g/mol. The Labute approximate surface area is 268 Å². The molecule has 2 N–H and O–H groups in total. The number of rotatable bonds is 10. The largest absolute Gasteiger partial charge is 0.492 e. The minimum absolute atomic E-state index is 0.0687. The second-order valence-corrected chi connectivity index (χ2v) is 12.9. The van der Waals surface area contributed by atoms with E-state index in [2.05, 4.69) is 5.32 Å². The lowest BCUT2D eigenvalue weighted by Crippen LogP contribution is -2.48. The van der Waals surface area contributed by atoms with Gasteiger partial charge in [-0.05, 0) is 72.1 Å². The zero-order chi connectivity index (χ0) is 33.2. The maximum absolute atomic E-state index is 14.0. The molecule has 1 aliphatic rings. The number of benzene rings is 4. The van der Waals surface area contributed by atoms with Gasteiger partial charge in [0.1, 0.15) is 18.4 Å². The highest BCUT2D eigenvalue weighted by molar-refractivity contribution is 7.93. The predicted molar refractivity (Wildman–Crippen MR) is 166 cm³/mol. The third kappa shape index (κ3) is 6.82. The summed E-state index contributed by atoms with van der Waals surface area (Å²) in [6.45, 7) is 1.72. The summed E-state index contributed by atoms with van der Waals surface area (Å²) in [4.78, 5) is 24.4. The SMILES string of the molecule is CC(C(=O)O)c1ccc(OCCNC(=O)[C@@H]2Cc3ccccc3N2S(=O)(=O)c2ccc(-c3cc(C(F)(F)F)ccc3Cl)cc2)cc1. The highest BCUT2D eigenvalue weighted by atomic mass is 35.5. The molecule has 1 unspecified atom stereocenters. The van der Waals surface area contributed by atoms with Crippen molar-refractivity contribution in [1.82, 2.24) is 5.32 Å². The number of nitrogens with zero attached hydrogens (tertiary/aromatic N) is 1. The van der Waals surface area contributed by atoms with Crippen molar-refractivity contribution < 1.29 is 41.0 Å². The number of para-hydroxylation sites is 1. The van der Waals surface area contributed by atoms with Gasteiger partial charge in [-0.25, -0.2) is 8.42 Å². The lowest BCUT2D eigenvalue weighted by atomic mass is 10.0. The van der Waals surface area contributed by atoms with Crippen LogP contribution in [0.1, 0.15) is 29.5 Å². The number of hydrogen-bond donors (Lipinski definition) is 2. The van der Waals surface area contributed by atoms with Crippen LogP contribution in [0.5, 0.6) is 5.75 Å². The van der Waals surface area contributed by atoms with Crippen LogP contribution in [0, 0.1) is 0 Å². The fourth-order valence-electron chi connectivity index (χ4n) is 5.15. The second-order valence-electron chi connectivity index (χ2n) is 10.6. The van der Waals surface area contributed by atoms with Crippen LogP contribution in [0.2, 0.25) is 5.02 Å². The molecule has 4 aromatic rings. The fourth-order valence-corrected chi connectivity index (χ4v) is 7.03. The van der Waals surface area contributed by atoms with Crippen LogP contribution >= 0.6 is 11.6 Å². The molecule has 46 heavy (non-hydrogen) atoms. The number of nitrogens with one attached hydrogen (secondary N) is 1. The number of alkyl halides is 3. The third-order valence-corrected chi connectivity index (χ3v) is 9.83. The van der Waals surface area contributed by atoms with Crippen molar-refractivity contribution in [2.75, 3.05) is 17.5 Å². The molecule has 13 heteroatoms. The molecule has 1 amide bonds. The molecule has 5 rings (SSSR count). The lowest BCUT2D eigenvalue weighted by Gasteiger charge is -2.26. The van der Waals surface area contributed by atoms with Gasteiger partial charge in [0.25, 0.3) is 10.0 Å². The van der Waals surface area contributed by atoms with Crippen molar-refractivity contribution in [3.05, 3.63) is 113 Å². The van der Waals surface area contributed by atoms with Gasteiger partial charge in [-0.2, -0.15) is 13.2 Å². The van der Waals surface area contributed by atoms with E-state index in [4.69, 9.17) is 21.4 Å². The molecule has 8 nitrogen and oxygen atoms in total. The minimum atomic E-state index is -4.58. The van der Waals surface area contributed by atoms with Crippen molar-refractivity contribution in [2.24, 2.45) is 0 Å². The Hall–Kier alpha value is -4.55. The molecule has 4 aromatic carbocycles. The van der Waals surface area contributed by atoms with Gasteiger partial charge in [-0.1, -0.05) is 54.1 Å². The van der Waals surface area contributed by atoms with Gasteiger partial charge in [0, 0.05) is 17.0 Å². The Kier molecular flexibility index (Phi) is 9.32. The first kappa shape index (κ1) is 32.8. The number of amides is 1. The number of carbonyl (C=O) groups excluding carboxylic acids is 1. The molecule has 1 heterocycles. The number of carboxylic acid groups (broad SMARTS) is 1. The molecule has 0 aliphatic carbocycles. The fraction of sp³-hybridized carbons (Fsp3) is 0.212. The molecule has 0 fully saturated rings. The topological polar surface area (TPSA) is 113 Å². The first-order valence-electron chi connectivity index (χ1n) is 14.1. The van der Waals surface area contributed by atoms with E-state index in [1.54, 1.807) is 55.5 Å². The number of fused-ring (bicyclic) bond motifs is 1. The average Bonchev–Trinajstić information content (AvgIpc) is 3.43. The summed E-state index contributed by atoms with van der Waals surface area (Å²) in [6, 6.07) is 20.4. The van der Waals surface area contributed by atoms with E-state index in [0.717, 1.165) is 22.5 Å². The van der Waals surface area contributed by atoms with Crippen LogP contribution in [-0.2, 0) is 32.2 Å². The van der Waals surface area contributed by atoms with Crippen molar-refractivity contribution in [3.8, 4) is 16.9 Å². The molecular formula is C33H28ClF3N2O6S.